The zero-order valence-electron chi connectivity index (χ0n) is 17.6. The predicted octanol–water partition coefficient (Wildman–Crippen LogP) is 3.90. The Kier molecular flexibility index (Phi) is 5.12. The van der Waals surface area contributed by atoms with Crippen molar-refractivity contribution in [1.29, 1.82) is 0 Å². The van der Waals surface area contributed by atoms with E-state index in [1.807, 2.05) is 51.1 Å². The van der Waals surface area contributed by atoms with Crippen LogP contribution in [0.1, 0.15) is 54.0 Å². The summed E-state index contributed by atoms with van der Waals surface area (Å²) in [6.07, 6.45) is 0.554. The molecule has 0 bridgehead atoms. The fourth-order valence-corrected chi connectivity index (χ4v) is 3.94. The molecule has 0 aliphatic carbocycles. The Hall–Kier alpha value is -3.12. The average Bonchev–Trinajstić information content (AvgIpc) is 3.10. The molecule has 1 aliphatic rings. The van der Waals surface area contributed by atoms with Gasteiger partial charge in [-0.1, -0.05) is 30.3 Å². The molecule has 156 valence electrons. The number of nitrogens with one attached hydrogen (secondary N) is 2. The van der Waals surface area contributed by atoms with Gasteiger partial charge in [0.1, 0.15) is 11.6 Å². The summed E-state index contributed by atoms with van der Waals surface area (Å²) in [5.74, 6) is -0.648. The summed E-state index contributed by atoms with van der Waals surface area (Å²) in [5, 5.41) is 4.51. The minimum absolute atomic E-state index is 0.224. The lowest BCUT2D eigenvalue weighted by molar-refractivity contribution is -0.143. The number of hydrogen-bond acceptors (Lipinski definition) is 5. The highest BCUT2D eigenvalue weighted by Gasteiger charge is 2.34. The standard InChI is InChI=1S/C24H26N2O4/c1-24(2,3)30-22(27)15-11-9-14(10-12-15)20-21-17(13-19(26-20)23(28)29-4)16-7-5-6-8-18(16)25-21/h5-12,19-20,25-26H,13H2,1-4H3/t19-,20+/m1/s1. The van der Waals surface area contributed by atoms with E-state index >= 15 is 0 Å². The van der Waals surface area contributed by atoms with E-state index in [-0.39, 0.29) is 18.0 Å². The number of para-hydroxylation sites is 1. The predicted molar refractivity (Wildman–Crippen MR) is 114 cm³/mol. The lowest BCUT2D eigenvalue weighted by Gasteiger charge is -2.30. The fourth-order valence-electron chi connectivity index (χ4n) is 3.94. The van der Waals surface area contributed by atoms with Gasteiger partial charge in [0.05, 0.1) is 18.7 Å². The third-order valence-electron chi connectivity index (χ3n) is 5.28. The second kappa shape index (κ2) is 7.61. The van der Waals surface area contributed by atoms with Gasteiger partial charge in [0, 0.05) is 23.0 Å². The minimum Gasteiger partial charge on any atom is -0.468 e. The van der Waals surface area contributed by atoms with Gasteiger partial charge < -0.3 is 14.5 Å². The van der Waals surface area contributed by atoms with Crippen LogP contribution in [0.3, 0.4) is 0 Å². The van der Waals surface area contributed by atoms with Crippen LogP contribution in [0, 0.1) is 0 Å². The van der Waals surface area contributed by atoms with Gasteiger partial charge in [0.15, 0.2) is 0 Å². The van der Waals surface area contributed by atoms with Crippen molar-refractivity contribution in [2.45, 2.75) is 44.9 Å². The molecular formula is C24H26N2O4. The second-order valence-electron chi connectivity index (χ2n) is 8.57. The Morgan fingerprint density at radius 2 is 1.73 bits per heavy atom. The van der Waals surface area contributed by atoms with E-state index in [1.54, 1.807) is 12.1 Å². The lowest BCUT2D eigenvalue weighted by Crippen LogP contribution is -2.45. The van der Waals surface area contributed by atoms with E-state index in [1.165, 1.54) is 7.11 Å². The van der Waals surface area contributed by atoms with Gasteiger partial charge in [-0.3, -0.25) is 10.1 Å². The van der Waals surface area contributed by atoms with Crippen LogP contribution in [-0.4, -0.2) is 35.7 Å². The second-order valence-corrected chi connectivity index (χ2v) is 8.57. The van der Waals surface area contributed by atoms with Gasteiger partial charge in [0.2, 0.25) is 0 Å². The van der Waals surface area contributed by atoms with E-state index in [0.717, 1.165) is 27.7 Å². The topological polar surface area (TPSA) is 80.4 Å². The van der Waals surface area contributed by atoms with Crippen LogP contribution in [0.15, 0.2) is 48.5 Å². The van der Waals surface area contributed by atoms with Crippen molar-refractivity contribution in [2.24, 2.45) is 0 Å². The van der Waals surface area contributed by atoms with E-state index in [4.69, 9.17) is 9.47 Å². The van der Waals surface area contributed by atoms with Crippen molar-refractivity contribution >= 4 is 22.8 Å². The largest absolute Gasteiger partial charge is 0.468 e. The maximum absolute atomic E-state index is 12.3. The van der Waals surface area contributed by atoms with Crippen LogP contribution < -0.4 is 5.32 Å². The number of benzene rings is 2. The lowest BCUT2D eigenvalue weighted by atomic mass is 9.90. The van der Waals surface area contributed by atoms with Crippen LogP contribution in [0.4, 0.5) is 0 Å². The summed E-state index contributed by atoms with van der Waals surface area (Å²) in [6, 6.07) is 14.7. The summed E-state index contributed by atoms with van der Waals surface area (Å²) in [4.78, 5) is 28.2. The molecular weight excluding hydrogens is 380 g/mol. The minimum atomic E-state index is -0.548. The van der Waals surface area contributed by atoms with Crippen LogP contribution in [0.5, 0.6) is 0 Å². The molecule has 1 aliphatic heterocycles. The molecule has 2 atom stereocenters. The van der Waals surface area contributed by atoms with Crippen LogP contribution in [0.2, 0.25) is 0 Å². The van der Waals surface area contributed by atoms with Gasteiger partial charge in [-0.2, -0.15) is 0 Å². The normalized spacial score (nSPS) is 18.7. The molecule has 30 heavy (non-hydrogen) atoms. The molecule has 0 saturated carbocycles. The summed E-state index contributed by atoms with van der Waals surface area (Å²) >= 11 is 0. The number of fused-ring (bicyclic) bond motifs is 3. The number of rotatable bonds is 3. The smallest absolute Gasteiger partial charge is 0.338 e. The number of H-pyrrole nitrogens is 1. The number of hydrogen-bond donors (Lipinski definition) is 2. The van der Waals surface area contributed by atoms with Gasteiger partial charge in [-0.25, -0.2) is 4.79 Å². The fraction of sp³-hybridized carbons (Fsp3) is 0.333. The number of aromatic amines is 1. The quantitative estimate of drug-likeness (QED) is 0.645. The Morgan fingerprint density at radius 3 is 2.40 bits per heavy atom. The molecule has 6 heteroatoms. The van der Waals surface area contributed by atoms with Crippen molar-refractivity contribution in [3.05, 3.63) is 70.9 Å². The molecule has 0 saturated heterocycles. The molecule has 0 amide bonds. The first-order valence-electron chi connectivity index (χ1n) is 10.0. The van der Waals surface area contributed by atoms with Gasteiger partial charge >= 0.3 is 11.9 Å². The molecule has 4 rings (SSSR count). The summed E-state index contributed by atoms with van der Waals surface area (Å²) < 4.78 is 10.4. The molecule has 0 spiro atoms. The first kappa shape index (κ1) is 20.2. The Balaban J connectivity index is 1.71. The first-order valence-corrected chi connectivity index (χ1v) is 10.0. The van der Waals surface area contributed by atoms with Gasteiger partial charge in [0.25, 0.3) is 0 Å². The molecule has 0 radical (unpaired) electrons. The van der Waals surface area contributed by atoms with Crippen LogP contribution >= 0.6 is 0 Å². The third-order valence-corrected chi connectivity index (χ3v) is 5.28. The highest BCUT2D eigenvalue weighted by Crippen LogP contribution is 2.35. The molecule has 0 fully saturated rings. The van der Waals surface area contributed by atoms with E-state index in [0.29, 0.717) is 12.0 Å². The first-order chi connectivity index (χ1) is 14.3. The number of esters is 2. The maximum Gasteiger partial charge on any atom is 0.338 e. The Labute approximate surface area is 175 Å². The monoisotopic (exact) mass is 406 g/mol. The van der Waals surface area contributed by atoms with Crippen molar-refractivity contribution in [2.75, 3.05) is 7.11 Å². The SMILES string of the molecule is COC(=O)[C@H]1Cc2c([nH]c3ccccc23)[C@H](c2ccc(C(=O)OC(C)(C)C)cc2)N1. The number of methoxy groups -OCH3 is 1. The molecule has 2 N–H and O–H groups in total. The Morgan fingerprint density at radius 1 is 1.03 bits per heavy atom. The summed E-state index contributed by atoms with van der Waals surface area (Å²) in [6.45, 7) is 5.53. The van der Waals surface area contributed by atoms with Crippen LogP contribution in [0.25, 0.3) is 10.9 Å². The molecule has 1 aromatic heterocycles. The Bertz CT molecular complexity index is 1090. The molecule has 6 nitrogen and oxygen atoms in total. The molecule has 2 heterocycles. The summed E-state index contributed by atoms with van der Waals surface area (Å²) in [5.41, 5.74) is 4.07. The van der Waals surface area contributed by atoms with Crippen LogP contribution in [-0.2, 0) is 20.7 Å². The number of carbonyl (C=O) groups excluding carboxylic acids is 2. The molecule has 0 unspecified atom stereocenters. The number of ether oxygens (including phenoxy) is 2. The van der Waals surface area contributed by atoms with Crippen molar-refractivity contribution in [3.63, 3.8) is 0 Å². The van der Waals surface area contributed by atoms with Crippen molar-refractivity contribution < 1.29 is 19.1 Å². The highest BCUT2D eigenvalue weighted by molar-refractivity contribution is 5.90. The van der Waals surface area contributed by atoms with E-state index in [9.17, 15) is 9.59 Å². The van der Waals surface area contributed by atoms with Crippen molar-refractivity contribution in [1.82, 2.24) is 10.3 Å². The third kappa shape index (κ3) is 3.83. The van der Waals surface area contributed by atoms with E-state index in [2.05, 4.69) is 16.4 Å². The van der Waals surface area contributed by atoms with Crippen molar-refractivity contribution in [3.8, 4) is 0 Å². The maximum atomic E-state index is 12.3. The average molecular weight is 406 g/mol. The zero-order chi connectivity index (χ0) is 21.5. The van der Waals surface area contributed by atoms with Gasteiger partial charge in [-0.05, 0) is 50.1 Å². The summed E-state index contributed by atoms with van der Waals surface area (Å²) in [7, 11) is 1.40. The van der Waals surface area contributed by atoms with Gasteiger partial charge in [-0.15, -0.1) is 0 Å². The van der Waals surface area contributed by atoms with E-state index < -0.39 is 11.6 Å². The molecule has 3 aromatic rings. The molecule has 2 aromatic carbocycles. The number of aromatic nitrogens is 1. The highest BCUT2D eigenvalue weighted by atomic mass is 16.6. The zero-order valence-corrected chi connectivity index (χ0v) is 17.6. The number of carbonyl (C=O) groups is 2.